The molecule has 0 saturated carbocycles. The Kier molecular flexibility index (Phi) is 5.19. The first-order valence-corrected chi connectivity index (χ1v) is 5.48. The summed E-state index contributed by atoms with van der Waals surface area (Å²) in [5.74, 6) is 0.0846. The molecule has 0 atom stereocenters. The number of hydrogen-bond acceptors (Lipinski definition) is 3. The van der Waals surface area contributed by atoms with Crippen molar-refractivity contribution in [3.05, 3.63) is 27.7 Å². The molecule has 0 radical (unpaired) electrons. The third-order valence-corrected chi connectivity index (χ3v) is 2.49. The number of aromatic hydroxyl groups is 1. The van der Waals surface area contributed by atoms with Crippen LogP contribution in [0.15, 0.2) is 12.1 Å². The van der Waals surface area contributed by atoms with Gasteiger partial charge in [-0.2, -0.15) is 0 Å². The molecule has 1 rings (SSSR count). The SMILES string of the molecule is NCCCNCc1cc(Cl)cc(Cl)c1O. The predicted octanol–water partition coefficient (Wildman–Crippen LogP) is 2.14. The third-order valence-electron chi connectivity index (χ3n) is 1.98. The summed E-state index contributed by atoms with van der Waals surface area (Å²) in [5.41, 5.74) is 6.05. The van der Waals surface area contributed by atoms with Gasteiger partial charge in [0, 0.05) is 17.1 Å². The maximum absolute atomic E-state index is 9.62. The highest BCUT2D eigenvalue weighted by atomic mass is 35.5. The maximum atomic E-state index is 9.62. The van der Waals surface area contributed by atoms with Crippen LogP contribution in [-0.4, -0.2) is 18.2 Å². The van der Waals surface area contributed by atoms with Crippen molar-refractivity contribution in [1.29, 1.82) is 0 Å². The fourth-order valence-electron chi connectivity index (χ4n) is 1.20. The van der Waals surface area contributed by atoms with Gasteiger partial charge in [0.2, 0.25) is 0 Å². The van der Waals surface area contributed by atoms with Crippen molar-refractivity contribution in [3.8, 4) is 5.75 Å². The van der Waals surface area contributed by atoms with Crippen LogP contribution in [0.3, 0.4) is 0 Å². The quantitative estimate of drug-likeness (QED) is 0.700. The second-order valence-electron chi connectivity index (χ2n) is 3.21. The lowest BCUT2D eigenvalue weighted by Gasteiger charge is -2.08. The van der Waals surface area contributed by atoms with E-state index in [0.717, 1.165) is 13.0 Å². The second kappa shape index (κ2) is 6.18. The van der Waals surface area contributed by atoms with Crippen LogP contribution in [-0.2, 0) is 6.54 Å². The molecule has 3 nitrogen and oxygen atoms in total. The van der Waals surface area contributed by atoms with Crippen LogP contribution in [0.5, 0.6) is 5.75 Å². The van der Waals surface area contributed by atoms with E-state index >= 15 is 0 Å². The molecule has 84 valence electrons. The number of nitrogens with two attached hydrogens (primary N) is 1. The van der Waals surface area contributed by atoms with Crippen LogP contribution in [0, 0.1) is 0 Å². The Morgan fingerprint density at radius 2 is 2.07 bits per heavy atom. The zero-order chi connectivity index (χ0) is 11.3. The molecule has 0 heterocycles. The van der Waals surface area contributed by atoms with Crippen molar-refractivity contribution >= 4 is 23.2 Å². The largest absolute Gasteiger partial charge is 0.506 e. The molecule has 0 amide bonds. The summed E-state index contributed by atoms with van der Waals surface area (Å²) in [6, 6.07) is 3.21. The molecule has 5 heteroatoms. The molecule has 4 N–H and O–H groups in total. The van der Waals surface area contributed by atoms with Crippen molar-refractivity contribution in [2.75, 3.05) is 13.1 Å². The van der Waals surface area contributed by atoms with Crippen molar-refractivity contribution in [2.45, 2.75) is 13.0 Å². The van der Waals surface area contributed by atoms with E-state index in [9.17, 15) is 5.11 Å². The molecule has 0 aliphatic carbocycles. The van der Waals surface area contributed by atoms with Crippen LogP contribution >= 0.6 is 23.2 Å². The van der Waals surface area contributed by atoms with Gasteiger partial charge in [0.25, 0.3) is 0 Å². The summed E-state index contributed by atoms with van der Waals surface area (Å²) >= 11 is 11.6. The Labute approximate surface area is 99.2 Å². The summed E-state index contributed by atoms with van der Waals surface area (Å²) in [7, 11) is 0. The average molecular weight is 249 g/mol. The average Bonchev–Trinajstić information content (AvgIpc) is 2.19. The first kappa shape index (κ1) is 12.6. The van der Waals surface area contributed by atoms with Crippen LogP contribution < -0.4 is 11.1 Å². The molecule has 15 heavy (non-hydrogen) atoms. The van der Waals surface area contributed by atoms with Gasteiger partial charge in [-0.05, 0) is 31.6 Å². The highest BCUT2D eigenvalue weighted by molar-refractivity contribution is 6.35. The van der Waals surface area contributed by atoms with Gasteiger partial charge in [0.15, 0.2) is 0 Å². The Bertz CT molecular complexity index is 331. The standard InChI is InChI=1S/C10H14Cl2N2O/c11-8-4-7(6-14-3-1-2-13)10(15)9(12)5-8/h4-5,14-15H,1-3,6,13H2. The van der Waals surface area contributed by atoms with E-state index in [2.05, 4.69) is 5.32 Å². The maximum Gasteiger partial charge on any atom is 0.138 e. The summed E-state index contributed by atoms with van der Waals surface area (Å²) < 4.78 is 0. The first-order valence-electron chi connectivity index (χ1n) is 4.73. The molecule has 0 fully saturated rings. The van der Waals surface area contributed by atoms with Crippen molar-refractivity contribution in [2.24, 2.45) is 5.73 Å². The van der Waals surface area contributed by atoms with Crippen molar-refractivity contribution in [1.82, 2.24) is 5.32 Å². The molecule has 0 spiro atoms. The van der Waals surface area contributed by atoms with Gasteiger partial charge in [-0.15, -0.1) is 0 Å². The fraction of sp³-hybridized carbons (Fsp3) is 0.400. The van der Waals surface area contributed by atoms with Crippen LogP contribution in [0.2, 0.25) is 10.0 Å². The summed E-state index contributed by atoms with van der Waals surface area (Å²) in [6.07, 6.45) is 0.898. The number of benzene rings is 1. The number of hydrogen-bond donors (Lipinski definition) is 3. The zero-order valence-corrected chi connectivity index (χ0v) is 9.78. The smallest absolute Gasteiger partial charge is 0.138 e. The lowest BCUT2D eigenvalue weighted by atomic mass is 10.2. The molecule has 1 aromatic rings. The molecular formula is C10H14Cl2N2O. The van der Waals surface area contributed by atoms with Gasteiger partial charge < -0.3 is 16.2 Å². The van der Waals surface area contributed by atoms with Crippen LogP contribution in [0.4, 0.5) is 0 Å². The Balaban J connectivity index is 2.60. The van der Waals surface area contributed by atoms with E-state index in [4.69, 9.17) is 28.9 Å². The molecule has 0 aliphatic rings. The molecular weight excluding hydrogens is 235 g/mol. The van der Waals surface area contributed by atoms with Crippen molar-refractivity contribution < 1.29 is 5.11 Å². The number of phenols is 1. The van der Waals surface area contributed by atoms with Gasteiger partial charge in [0.05, 0.1) is 5.02 Å². The van der Waals surface area contributed by atoms with Gasteiger partial charge in [-0.1, -0.05) is 23.2 Å². The van der Waals surface area contributed by atoms with E-state index in [1.807, 2.05) is 0 Å². The first-order chi connectivity index (χ1) is 7.15. The number of nitrogens with one attached hydrogen (secondary N) is 1. The van der Waals surface area contributed by atoms with E-state index < -0.39 is 0 Å². The monoisotopic (exact) mass is 248 g/mol. The Hall–Kier alpha value is -0.480. The molecule has 0 bridgehead atoms. The van der Waals surface area contributed by atoms with Crippen LogP contribution in [0.1, 0.15) is 12.0 Å². The van der Waals surface area contributed by atoms with E-state index in [1.54, 1.807) is 6.07 Å². The zero-order valence-electron chi connectivity index (χ0n) is 8.26. The van der Waals surface area contributed by atoms with Gasteiger partial charge in [-0.3, -0.25) is 0 Å². The minimum Gasteiger partial charge on any atom is -0.506 e. The predicted molar refractivity (Wildman–Crippen MR) is 63.5 cm³/mol. The minimum atomic E-state index is 0.0846. The Morgan fingerprint density at radius 3 is 2.73 bits per heavy atom. The van der Waals surface area contributed by atoms with Crippen molar-refractivity contribution in [3.63, 3.8) is 0 Å². The van der Waals surface area contributed by atoms with Gasteiger partial charge in [0.1, 0.15) is 5.75 Å². The van der Waals surface area contributed by atoms with Gasteiger partial charge >= 0.3 is 0 Å². The molecule has 0 unspecified atom stereocenters. The number of phenolic OH excluding ortho intramolecular Hbond substituents is 1. The lowest BCUT2D eigenvalue weighted by molar-refractivity contribution is 0.464. The summed E-state index contributed by atoms with van der Waals surface area (Å²) in [5, 5.41) is 13.6. The summed E-state index contributed by atoms with van der Waals surface area (Å²) in [4.78, 5) is 0. The van der Waals surface area contributed by atoms with Crippen LogP contribution in [0.25, 0.3) is 0 Å². The summed E-state index contributed by atoms with van der Waals surface area (Å²) in [6.45, 7) is 1.99. The van der Waals surface area contributed by atoms with Gasteiger partial charge in [-0.25, -0.2) is 0 Å². The molecule has 0 aliphatic heterocycles. The lowest BCUT2D eigenvalue weighted by Crippen LogP contribution is -2.17. The van der Waals surface area contributed by atoms with E-state index in [-0.39, 0.29) is 10.8 Å². The highest BCUT2D eigenvalue weighted by Gasteiger charge is 2.06. The second-order valence-corrected chi connectivity index (χ2v) is 4.06. The van der Waals surface area contributed by atoms with E-state index in [1.165, 1.54) is 6.07 Å². The molecule has 0 aromatic heterocycles. The van der Waals surface area contributed by atoms with E-state index in [0.29, 0.717) is 23.7 Å². The molecule has 0 saturated heterocycles. The Morgan fingerprint density at radius 1 is 1.33 bits per heavy atom. The normalized spacial score (nSPS) is 10.6. The fourth-order valence-corrected chi connectivity index (χ4v) is 1.74. The minimum absolute atomic E-state index is 0.0846. The highest BCUT2D eigenvalue weighted by Crippen LogP contribution is 2.30. The third kappa shape index (κ3) is 3.87. The molecule has 1 aromatic carbocycles. The topological polar surface area (TPSA) is 58.3 Å². The number of halogens is 2. The number of rotatable bonds is 5.